The molecule has 0 aliphatic heterocycles. The Morgan fingerprint density at radius 1 is 0.963 bits per heavy atom. The SMILES string of the molecule is FC(F)(F)Sc1ccc(COc2ccc(/C=N/C3CCCCC3)cc2)cc1. The van der Waals surface area contributed by atoms with E-state index in [2.05, 4.69) is 4.99 Å². The molecule has 6 heteroatoms. The maximum atomic E-state index is 12.3. The van der Waals surface area contributed by atoms with Gasteiger partial charge in [-0.05, 0) is 72.1 Å². The number of rotatable bonds is 6. The molecule has 3 rings (SSSR count). The van der Waals surface area contributed by atoms with E-state index in [0.717, 1.165) is 16.9 Å². The third kappa shape index (κ3) is 6.94. The zero-order valence-electron chi connectivity index (χ0n) is 14.9. The predicted molar refractivity (Wildman–Crippen MR) is 104 cm³/mol. The number of thioether (sulfide) groups is 1. The van der Waals surface area contributed by atoms with Crippen LogP contribution in [0.25, 0.3) is 0 Å². The van der Waals surface area contributed by atoms with Crippen LogP contribution in [-0.2, 0) is 6.61 Å². The molecule has 0 heterocycles. The van der Waals surface area contributed by atoms with E-state index >= 15 is 0 Å². The minimum atomic E-state index is -4.26. The highest BCUT2D eigenvalue weighted by Gasteiger charge is 2.28. The first-order valence-corrected chi connectivity index (χ1v) is 9.90. The van der Waals surface area contributed by atoms with Crippen LogP contribution in [0.2, 0.25) is 0 Å². The molecule has 1 aliphatic carbocycles. The van der Waals surface area contributed by atoms with E-state index in [1.165, 1.54) is 44.2 Å². The van der Waals surface area contributed by atoms with Gasteiger partial charge in [-0.2, -0.15) is 13.2 Å². The van der Waals surface area contributed by atoms with Gasteiger partial charge in [0.05, 0.1) is 0 Å². The van der Waals surface area contributed by atoms with Crippen LogP contribution in [-0.4, -0.2) is 17.8 Å². The summed E-state index contributed by atoms with van der Waals surface area (Å²) in [6, 6.07) is 14.4. The van der Waals surface area contributed by atoms with Crippen LogP contribution in [0.15, 0.2) is 58.4 Å². The van der Waals surface area contributed by atoms with E-state index in [1.54, 1.807) is 12.1 Å². The lowest BCUT2D eigenvalue weighted by atomic mass is 9.96. The van der Waals surface area contributed by atoms with Crippen molar-refractivity contribution in [2.75, 3.05) is 0 Å². The van der Waals surface area contributed by atoms with E-state index in [4.69, 9.17) is 4.74 Å². The summed E-state index contributed by atoms with van der Waals surface area (Å²) in [7, 11) is 0. The zero-order chi connectivity index (χ0) is 19.1. The van der Waals surface area contributed by atoms with Gasteiger partial charge in [0.2, 0.25) is 0 Å². The third-order valence-electron chi connectivity index (χ3n) is 4.45. The van der Waals surface area contributed by atoms with E-state index in [0.29, 0.717) is 12.6 Å². The van der Waals surface area contributed by atoms with Gasteiger partial charge in [-0.1, -0.05) is 31.4 Å². The van der Waals surface area contributed by atoms with Crippen LogP contribution >= 0.6 is 11.8 Å². The first kappa shape index (κ1) is 19.8. The number of nitrogens with zero attached hydrogens (tertiary/aromatic N) is 1. The van der Waals surface area contributed by atoms with E-state index in [9.17, 15) is 13.2 Å². The molecular formula is C21H22F3NOS. The summed E-state index contributed by atoms with van der Waals surface area (Å²) in [4.78, 5) is 4.84. The average molecular weight is 393 g/mol. The van der Waals surface area contributed by atoms with Crippen LogP contribution < -0.4 is 4.74 Å². The Morgan fingerprint density at radius 3 is 2.26 bits per heavy atom. The number of hydrogen-bond donors (Lipinski definition) is 0. The standard InChI is InChI=1S/C21H22F3NOS/c22-21(23,24)27-20-12-8-17(9-13-20)15-26-19-10-6-16(7-11-19)14-25-18-4-2-1-3-5-18/h6-14,18H,1-5,15H2/b25-14+. The largest absolute Gasteiger partial charge is 0.489 e. The summed E-state index contributed by atoms with van der Waals surface area (Å²) < 4.78 is 42.7. The molecule has 0 radical (unpaired) electrons. The van der Waals surface area contributed by atoms with Crippen molar-refractivity contribution in [3.63, 3.8) is 0 Å². The molecule has 2 aromatic carbocycles. The van der Waals surface area contributed by atoms with Crippen molar-refractivity contribution in [3.8, 4) is 5.75 Å². The highest BCUT2D eigenvalue weighted by atomic mass is 32.2. The van der Waals surface area contributed by atoms with E-state index < -0.39 is 5.51 Å². The molecule has 1 saturated carbocycles. The maximum absolute atomic E-state index is 12.3. The molecule has 27 heavy (non-hydrogen) atoms. The highest BCUT2D eigenvalue weighted by molar-refractivity contribution is 8.00. The lowest BCUT2D eigenvalue weighted by molar-refractivity contribution is -0.0328. The normalized spacial score (nSPS) is 16.0. The molecule has 0 spiro atoms. The zero-order valence-corrected chi connectivity index (χ0v) is 15.7. The van der Waals surface area contributed by atoms with Gasteiger partial charge in [0.15, 0.2) is 0 Å². The molecule has 0 amide bonds. The number of benzene rings is 2. The topological polar surface area (TPSA) is 21.6 Å². The predicted octanol–water partition coefficient (Wildman–Crippen LogP) is 6.63. The number of aliphatic imine (C=N–C) groups is 1. The summed E-state index contributed by atoms with van der Waals surface area (Å²) in [5.74, 6) is 0.721. The van der Waals surface area contributed by atoms with Crippen molar-refractivity contribution in [3.05, 3.63) is 59.7 Å². The number of ether oxygens (including phenoxy) is 1. The van der Waals surface area contributed by atoms with Gasteiger partial charge in [0.25, 0.3) is 0 Å². The van der Waals surface area contributed by atoms with Gasteiger partial charge >= 0.3 is 5.51 Å². The van der Waals surface area contributed by atoms with Gasteiger partial charge in [-0.15, -0.1) is 0 Å². The maximum Gasteiger partial charge on any atom is 0.446 e. The molecule has 0 unspecified atom stereocenters. The van der Waals surface area contributed by atoms with E-state index in [1.807, 2.05) is 30.5 Å². The van der Waals surface area contributed by atoms with Crippen molar-refractivity contribution >= 4 is 18.0 Å². The Kier molecular flexibility index (Phi) is 6.83. The molecule has 0 aromatic heterocycles. The molecule has 0 N–H and O–H groups in total. The summed E-state index contributed by atoms with van der Waals surface area (Å²) in [6.07, 6.45) is 8.14. The summed E-state index contributed by atoms with van der Waals surface area (Å²) in [6.45, 7) is 0.312. The summed E-state index contributed by atoms with van der Waals surface area (Å²) >= 11 is -0.113. The monoisotopic (exact) mass is 393 g/mol. The Hall–Kier alpha value is -1.95. The second-order valence-corrected chi connectivity index (χ2v) is 7.76. The second-order valence-electron chi connectivity index (χ2n) is 6.62. The molecular weight excluding hydrogens is 371 g/mol. The minimum absolute atomic E-state index is 0.113. The fraction of sp³-hybridized carbons (Fsp3) is 0.381. The summed E-state index contributed by atoms with van der Waals surface area (Å²) in [5, 5.41) is 0. The highest BCUT2D eigenvalue weighted by Crippen LogP contribution is 2.36. The molecule has 144 valence electrons. The Balaban J connectivity index is 1.49. The Bertz CT molecular complexity index is 736. The van der Waals surface area contributed by atoms with Crippen molar-refractivity contribution in [2.24, 2.45) is 4.99 Å². The van der Waals surface area contributed by atoms with Crippen LogP contribution in [0.5, 0.6) is 5.75 Å². The average Bonchev–Trinajstić information content (AvgIpc) is 2.66. The van der Waals surface area contributed by atoms with Crippen molar-refractivity contribution in [1.29, 1.82) is 0 Å². The van der Waals surface area contributed by atoms with Gasteiger partial charge < -0.3 is 4.74 Å². The Morgan fingerprint density at radius 2 is 1.63 bits per heavy atom. The van der Waals surface area contributed by atoms with Crippen molar-refractivity contribution in [2.45, 2.75) is 55.2 Å². The van der Waals surface area contributed by atoms with Gasteiger partial charge in [-0.3, -0.25) is 4.99 Å². The molecule has 2 aromatic rings. The number of alkyl halides is 3. The van der Waals surface area contributed by atoms with Crippen molar-refractivity contribution < 1.29 is 17.9 Å². The lowest BCUT2D eigenvalue weighted by Gasteiger charge is -2.17. The van der Waals surface area contributed by atoms with Crippen molar-refractivity contribution in [1.82, 2.24) is 0 Å². The fourth-order valence-corrected chi connectivity index (χ4v) is 3.57. The molecule has 0 saturated heterocycles. The molecule has 0 bridgehead atoms. The first-order chi connectivity index (χ1) is 13.0. The first-order valence-electron chi connectivity index (χ1n) is 9.09. The second kappa shape index (κ2) is 9.31. The Labute approximate surface area is 161 Å². The molecule has 0 atom stereocenters. The molecule has 1 aliphatic rings. The van der Waals surface area contributed by atoms with Crippen LogP contribution in [0.3, 0.4) is 0 Å². The number of halogens is 3. The molecule has 1 fully saturated rings. The van der Waals surface area contributed by atoms with Gasteiger partial charge in [0, 0.05) is 17.2 Å². The smallest absolute Gasteiger partial charge is 0.446 e. The third-order valence-corrected chi connectivity index (χ3v) is 5.19. The van der Waals surface area contributed by atoms with Gasteiger partial charge in [0.1, 0.15) is 12.4 Å². The van der Waals surface area contributed by atoms with Gasteiger partial charge in [-0.25, -0.2) is 0 Å². The quantitative estimate of drug-likeness (QED) is 0.406. The van der Waals surface area contributed by atoms with Crippen LogP contribution in [0.1, 0.15) is 43.2 Å². The number of hydrogen-bond acceptors (Lipinski definition) is 3. The molecule has 2 nitrogen and oxygen atoms in total. The van der Waals surface area contributed by atoms with Crippen LogP contribution in [0.4, 0.5) is 13.2 Å². The minimum Gasteiger partial charge on any atom is -0.489 e. The lowest BCUT2D eigenvalue weighted by Crippen LogP contribution is -2.09. The fourth-order valence-electron chi connectivity index (χ4n) is 3.03. The van der Waals surface area contributed by atoms with E-state index in [-0.39, 0.29) is 16.7 Å². The summed E-state index contributed by atoms with van der Waals surface area (Å²) in [5.41, 5.74) is -2.40. The van der Waals surface area contributed by atoms with Crippen LogP contribution in [0, 0.1) is 0 Å².